The summed E-state index contributed by atoms with van der Waals surface area (Å²) < 4.78 is 7.38. The van der Waals surface area contributed by atoms with Gasteiger partial charge in [0.1, 0.15) is 0 Å². The fraction of sp³-hybridized carbons (Fsp3) is 0.203. The zero-order chi connectivity index (χ0) is 58.9. The molecule has 14 rings (SSSR count). The highest BCUT2D eigenvalue weighted by molar-refractivity contribution is 6.19. The van der Waals surface area contributed by atoms with Gasteiger partial charge in [-0.05, 0) is 141 Å². The van der Waals surface area contributed by atoms with Crippen LogP contribution in [0, 0.1) is 0 Å². The summed E-state index contributed by atoms with van der Waals surface area (Å²) in [6.07, 6.45) is 0. The topological polar surface area (TPSA) is 53.5 Å². The van der Waals surface area contributed by atoms with E-state index in [1.807, 2.05) is 0 Å². The lowest BCUT2D eigenvalue weighted by Gasteiger charge is -2.26. The van der Waals surface area contributed by atoms with Gasteiger partial charge in [0.05, 0.1) is 44.5 Å². The second-order valence-corrected chi connectivity index (χ2v) is 27.5. The number of hydrogen-bond donors (Lipinski definition) is 0. The molecule has 0 unspecified atom stereocenters. The third-order valence-electron chi connectivity index (χ3n) is 17.5. The van der Waals surface area contributed by atoms with E-state index in [9.17, 15) is 0 Å². The first-order valence-corrected chi connectivity index (χ1v) is 30.0. The van der Waals surface area contributed by atoms with Gasteiger partial charge < -0.3 is 13.7 Å². The van der Waals surface area contributed by atoms with Crippen LogP contribution in [0.5, 0.6) is 0 Å². The van der Waals surface area contributed by atoms with Crippen molar-refractivity contribution in [2.24, 2.45) is 0 Å². The van der Waals surface area contributed by atoms with Crippen molar-refractivity contribution in [1.82, 2.24) is 28.7 Å². The van der Waals surface area contributed by atoms with Crippen LogP contribution < -0.4 is 0 Å². The number of hydrogen-bond acceptors (Lipinski definition) is 3. The van der Waals surface area contributed by atoms with Gasteiger partial charge >= 0.3 is 0 Å². The SMILES string of the molecule is CC(C)(C)c1cc(-c2nc(-c3cc(C(C)(C)C)cc(C(C)(C)C)c3)nc(-c3ccc(-n4c5ccccc5c5ccccc54)c(-c4ccccc4-n4c5ccccc5c5cc6c7ccccc7n(-c7ccccc7)c6cc54)c3)n2)cc(C(C)(C)C)c1. The first kappa shape index (κ1) is 53.6. The van der Waals surface area contributed by atoms with Crippen molar-refractivity contribution in [3.63, 3.8) is 0 Å². The molecule has 0 saturated carbocycles. The molecule has 6 heteroatoms. The molecule has 0 bridgehead atoms. The quantitative estimate of drug-likeness (QED) is 0.160. The Morgan fingerprint density at radius 1 is 0.247 bits per heavy atom. The molecule has 0 spiro atoms. The Kier molecular flexibility index (Phi) is 12.4. The van der Waals surface area contributed by atoms with Crippen molar-refractivity contribution in [3.8, 4) is 62.4 Å². The Balaban J connectivity index is 1.08. The summed E-state index contributed by atoms with van der Waals surface area (Å²) >= 11 is 0. The van der Waals surface area contributed by atoms with Gasteiger partial charge in [-0.1, -0.05) is 204 Å². The monoisotopic (exact) mass is 1100 g/mol. The summed E-state index contributed by atoms with van der Waals surface area (Å²) in [7, 11) is 0. The molecule has 10 aromatic carbocycles. The van der Waals surface area contributed by atoms with E-state index in [4.69, 9.17) is 15.0 Å². The van der Waals surface area contributed by atoms with Crippen LogP contribution in [0.1, 0.15) is 105 Å². The van der Waals surface area contributed by atoms with E-state index < -0.39 is 0 Å². The molecule has 0 fully saturated rings. The molecule has 0 amide bonds. The number of benzene rings is 10. The standard InChI is InChI=1S/C79H72N6/c1-76(2,3)52-40-50(41-53(45-52)77(4,5)6)74-80-73(81-75(82-74)51-42-54(78(7,8)9)46-55(43-51)79(10,11)12)49-38-39-70(84-66-34-22-16-28-57(66)58-29-17-23-35-67(58)84)62(44-49)59-30-19-24-36-68(59)85-69-37-25-20-32-61(69)64-47-63-60-31-18-21-33-65(60)83(71(63)48-72(64)85)56-26-14-13-15-27-56/h13-48H,1-12H3. The van der Waals surface area contributed by atoms with Crippen molar-refractivity contribution in [3.05, 3.63) is 241 Å². The Morgan fingerprint density at radius 3 is 1.06 bits per heavy atom. The van der Waals surface area contributed by atoms with Gasteiger partial charge in [0, 0.05) is 65.8 Å². The van der Waals surface area contributed by atoms with Crippen LogP contribution in [0.3, 0.4) is 0 Å². The Labute approximate surface area is 499 Å². The Hall–Kier alpha value is -9.39. The second-order valence-electron chi connectivity index (χ2n) is 27.5. The van der Waals surface area contributed by atoms with Gasteiger partial charge in [0.25, 0.3) is 0 Å². The lowest BCUT2D eigenvalue weighted by molar-refractivity contribution is 0.568. The van der Waals surface area contributed by atoms with E-state index in [1.54, 1.807) is 0 Å². The molecule has 0 radical (unpaired) electrons. The lowest BCUT2D eigenvalue weighted by Crippen LogP contribution is -2.17. The molecule has 0 aliphatic heterocycles. The number of aromatic nitrogens is 6. The molecule has 0 atom stereocenters. The summed E-state index contributed by atoms with van der Waals surface area (Å²) in [6.45, 7) is 27.5. The van der Waals surface area contributed by atoms with E-state index in [0.29, 0.717) is 17.5 Å². The highest BCUT2D eigenvalue weighted by Gasteiger charge is 2.28. The molecule has 418 valence electrons. The van der Waals surface area contributed by atoms with Crippen LogP contribution >= 0.6 is 0 Å². The highest BCUT2D eigenvalue weighted by atomic mass is 15.0. The zero-order valence-electron chi connectivity index (χ0n) is 51.0. The maximum absolute atomic E-state index is 5.61. The highest BCUT2D eigenvalue weighted by Crippen LogP contribution is 2.45. The van der Waals surface area contributed by atoms with Gasteiger partial charge in [0.15, 0.2) is 17.5 Å². The fourth-order valence-electron chi connectivity index (χ4n) is 12.7. The van der Waals surface area contributed by atoms with E-state index in [1.165, 1.54) is 60.1 Å². The maximum atomic E-state index is 5.61. The summed E-state index contributed by atoms with van der Waals surface area (Å²) in [5, 5.41) is 7.25. The number of fused-ring (bicyclic) bond motifs is 9. The summed E-state index contributed by atoms with van der Waals surface area (Å²) in [6, 6.07) is 80.7. The van der Waals surface area contributed by atoms with Gasteiger partial charge in [0.2, 0.25) is 0 Å². The summed E-state index contributed by atoms with van der Waals surface area (Å²) in [5.41, 5.74) is 19.5. The third kappa shape index (κ3) is 9.21. The third-order valence-corrected chi connectivity index (χ3v) is 17.5. The maximum Gasteiger partial charge on any atom is 0.164 e. The number of nitrogens with zero attached hydrogens (tertiary/aromatic N) is 6. The summed E-state index contributed by atoms with van der Waals surface area (Å²) in [5.74, 6) is 1.90. The van der Waals surface area contributed by atoms with Crippen LogP contribution in [0.15, 0.2) is 218 Å². The molecule has 0 aliphatic carbocycles. The van der Waals surface area contributed by atoms with Gasteiger partial charge in [-0.15, -0.1) is 0 Å². The molecule has 4 aromatic heterocycles. The fourth-order valence-corrected chi connectivity index (χ4v) is 12.7. The van der Waals surface area contributed by atoms with Crippen LogP contribution in [-0.4, -0.2) is 28.7 Å². The second kappa shape index (κ2) is 19.6. The molecule has 0 saturated heterocycles. The summed E-state index contributed by atoms with van der Waals surface area (Å²) in [4.78, 5) is 16.8. The number of para-hydroxylation sites is 6. The molecular formula is C79H72N6. The number of rotatable bonds is 7. The molecule has 14 aromatic rings. The van der Waals surface area contributed by atoms with Crippen molar-refractivity contribution in [1.29, 1.82) is 0 Å². The van der Waals surface area contributed by atoms with Crippen LogP contribution in [0.4, 0.5) is 0 Å². The Bertz CT molecular complexity index is 4770. The van der Waals surface area contributed by atoms with Crippen LogP contribution in [0.25, 0.3) is 128 Å². The predicted octanol–water partition coefficient (Wildman–Crippen LogP) is 21.0. The average molecular weight is 1110 g/mol. The van der Waals surface area contributed by atoms with Gasteiger partial charge in [-0.25, -0.2) is 15.0 Å². The van der Waals surface area contributed by atoms with Crippen molar-refractivity contribution in [2.75, 3.05) is 0 Å². The van der Waals surface area contributed by atoms with Gasteiger partial charge in [-0.3, -0.25) is 0 Å². The predicted molar refractivity (Wildman–Crippen MR) is 359 cm³/mol. The van der Waals surface area contributed by atoms with Crippen LogP contribution in [0.2, 0.25) is 0 Å². The van der Waals surface area contributed by atoms with Crippen molar-refractivity contribution >= 4 is 65.4 Å². The molecule has 6 nitrogen and oxygen atoms in total. The minimum absolute atomic E-state index is 0.120. The molecular weight excluding hydrogens is 1030 g/mol. The molecule has 0 N–H and O–H groups in total. The molecule has 85 heavy (non-hydrogen) atoms. The van der Waals surface area contributed by atoms with E-state index in [-0.39, 0.29) is 21.7 Å². The lowest BCUT2D eigenvalue weighted by atomic mass is 9.79. The molecule has 4 heterocycles. The first-order chi connectivity index (χ1) is 40.7. The minimum Gasteiger partial charge on any atom is -0.309 e. The Morgan fingerprint density at radius 2 is 0.600 bits per heavy atom. The molecule has 0 aliphatic rings. The normalized spacial score (nSPS) is 12.7. The minimum atomic E-state index is -0.120. The van der Waals surface area contributed by atoms with E-state index >= 15 is 0 Å². The largest absolute Gasteiger partial charge is 0.309 e. The van der Waals surface area contributed by atoms with Gasteiger partial charge in [-0.2, -0.15) is 0 Å². The van der Waals surface area contributed by atoms with Crippen molar-refractivity contribution < 1.29 is 0 Å². The average Bonchev–Trinajstić information content (AvgIpc) is 1.70. The van der Waals surface area contributed by atoms with E-state index in [0.717, 1.165) is 72.5 Å². The zero-order valence-corrected chi connectivity index (χ0v) is 51.0. The van der Waals surface area contributed by atoms with Crippen LogP contribution in [-0.2, 0) is 21.7 Å². The smallest absolute Gasteiger partial charge is 0.164 e. The first-order valence-electron chi connectivity index (χ1n) is 30.0. The van der Waals surface area contributed by atoms with Crippen molar-refractivity contribution in [2.45, 2.75) is 105 Å². The van der Waals surface area contributed by atoms with E-state index in [2.05, 4.69) is 315 Å².